The lowest BCUT2D eigenvalue weighted by molar-refractivity contribution is -0.126. The molecule has 1 fully saturated rings. The van der Waals surface area contributed by atoms with Gasteiger partial charge in [0.15, 0.2) is 0 Å². The molecule has 5 nitrogen and oxygen atoms in total. The molecule has 1 unspecified atom stereocenters. The van der Waals surface area contributed by atoms with Crippen molar-refractivity contribution in [2.24, 2.45) is 5.92 Å². The summed E-state index contributed by atoms with van der Waals surface area (Å²) in [5.74, 6) is 0.134. The first-order valence-corrected chi connectivity index (χ1v) is 5.88. The summed E-state index contributed by atoms with van der Waals surface area (Å²) in [7, 11) is 1.60. The highest BCUT2D eigenvalue weighted by molar-refractivity contribution is 5.79. The number of carbonyl (C=O) groups is 1. The molecule has 0 saturated carbocycles. The van der Waals surface area contributed by atoms with Gasteiger partial charge in [0, 0.05) is 20.3 Å². The molecule has 0 aliphatic carbocycles. The summed E-state index contributed by atoms with van der Waals surface area (Å²) in [5.41, 5.74) is 0. The van der Waals surface area contributed by atoms with Crippen molar-refractivity contribution in [1.82, 2.24) is 10.6 Å². The molecule has 1 aliphatic heterocycles. The maximum atomic E-state index is 11.9. The largest absolute Gasteiger partial charge is 0.396 e. The highest BCUT2D eigenvalue weighted by Crippen LogP contribution is 2.10. The maximum Gasteiger partial charge on any atom is 0.224 e. The van der Waals surface area contributed by atoms with Gasteiger partial charge in [-0.25, -0.2) is 0 Å². The van der Waals surface area contributed by atoms with Crippen molar-refractivity contribution in [3.8, 4) is 0 Å². The molecule has 5 heteroatoms. The molecule has 1 aliphatic rings. The Bertz CT molecular complexity index is 199. The van der Waals surface area contributed by atoms with Crippen LogP contribution in [0.1, 0.15) is 19.3 Å². The summed E-state index contributed by atoms with van der Waals surface area (Å²) >= 11 is 0. The lowest BCUT2D eigenvalue weighted by Crippen LogP contribution is -2.46. The van der Waals surface area contributed by atoms with E-state index in [1.54, 1.807) is 7.11 Å². The Kier molecular flexibility index (Phi) is 6.37. The standard InChI is InChI=1S/C11H22N2O3/c1-16-8-10(4-6-14)13-11(15)9-3-2-5-12-7-9/h9-10,12,14H,2-8H2,1H3,(H,13,15)/t9-,10?/m1/s1. The Hall–Kier alpha value is -0.650. The van der Waals surface area contributed by atoms with Gasteiger partial charge in [-0.2, -0.15) is 0 Å². The molecular weight excluding hydrogens is 208 g/mol. The van der Waals surface area contributed by atoms with E-state index in [9.17, 15) is 4.79 Å². The summed E-state index contributed by atoms with van der Waals surface area (Å²) in [6, 6.07) is -0.0792. The molecule has 0 aromatic carbocycles. The number of methoxy groups -OCH3 is 1. The number of aliphatic hydroxyl groups is 1. The predicted molar refractivity (Wildman–Crippen MR) is 61.1 cm³/mol. The Balaban J connectivity index is 2.33. The van der Waals surface area contributed by atoms with Gasteiger partial charge in [0.25, 0.3) is 0 Å². The summed E-state index contributed by atoms with van der Waals surface area (Å²) < 4.78 is 5.00. The highest BCUT2D eigenvalue weighted by atomic mass is 16.5. The van der Waals surface area contributed by atoms with Crippen LogP contribution in [0.3, 0.4) is 0 Å². The lowest BCUT2D eigenvalue weighted by Gasteiger charge is -2.25. The molecule has 0 spiro atoms. The second-order valence-corrected chi connectivity index (χ2v) is 4.22. The number of piperidine rings is 1. The first kappa shape index (κ1) is 13.4. The normalized spacial score (nSPS) is 22.8. The Labute approximate surface area is 96.6 Å². The zero-order valence-corrected chi connectivity index (χ0v) is 9.87. The number of hydrogen-bond acceptors (Lipinski definition) is 4. The molecule has 2 atom stereocenters. The quantitative estimate of drug-likeness (QED) is 0.575. The van der Waals surface area contributed by atoms with Gasteiger partial charge in [-0.15, -0.1) is 0 Å². The number of nitrogens with one attached hydrogen (secondary N) is 2. The van der Waals surface area contributed by atoms with Crippen molar-refractivity contribution in [3.05, 3.63) is 0 Å². The second kappa shape index (κ2) is 7.60. The smallest absolute Gasteiger partial charge is 0.224 e. The number of amides is 1. The van der Waals surface area contributed by atoms with Crippen molar-refractivity contribution >= 4 is 5.91 Å². The monoisotopic (exact) mass is 230 g/mol. The van der Waals surface area contributed by atoms with E-state index in [2.05, 4.69) is 10.6 Å². The SMILES string of the molecule is COCC(CCO)NC(=O)[C@@H]1CCCNC1. The number of carbonyl (C=O) groups excluding carboxylic acids is 1. The number of ether oxygens (including phenoxy) is 1. The van der Waals surface area contributed by atoms with E-state index in [0.29, 0.717) is 13.0 Å². The molecule has 16 heavy (non-hydrogen) atoms. The molecule has 3 N–H and O–H groups in total. The van der Waals surface area contributed by atoms with Gasteiger partial charge in [-0.1, -0.05) is 0 Å². The number of aliphatic hydroxyl groups excluding tert-OH is 1. The minimum atomic E-state index is -0.0792. The fourth-order valence-electron chi connectivity index (χ4n) is 1.95. The molecule has 1 saturated heterocycles. The average Bonchev–Trinajstić information content (AvgIpc) is 2.31. The van der Waals surface area contributed by atoms with E-state index in [4.69, 9.17) is 9.84 Å². The van der Waals surface area contributed by atoms with Crippen LogP contribution in [-0.2, 0) is 9.53 Å². The molecule has 1 heterocycles. The molecule has 1 amide bonds. The van der Waals surface area contributed by atoms with E-state index >= 15 is 0 Å². The van der Waals surface area contributed by atoms with Gasteiger partial charge in [0.1, 0.15) is 0 Å². The summed E-state index contributed by atoms with van der Waals surface area (Å²) in [5, 5.41) is 15.0. The average molecular weight is 230 g/mol. The zero-order chi connectivity index (χ0) is 11.8. The third kappa shape index (κ3) is 4.47. The van der Waals surface area contributed by atoms with Crippen LogP contribution >= 0.6 is 0 Å². The Morgan fingerprint density at radius 1 is 1.69 bits per heavy atom. The Morgan fingerprint density at radius 2 is 2.50 bits per heavy atom. The van der Waals surface area contributed by atoms with Crippen LogP contribution in [0.15, 0.2) is 0 Å². The third-order valence-corrected chi connectivity index (χ3v) is 2.86. The predicted octanol–water partition coefficient (Wildman–Crippen LogP) is -0.500. The molecular formula is C11H22N2O3. The maximum absolute atomic E-state index is 11.9. The first-order chi connectivity index (χ1) is 7.77. The number of rotatable bonds is 6. The van der Waals surface area contributed by atoms with E-state index in [0.717, 1.165) is 25.9 Å². The van der Waals surface area contributed by atoms with Crippen molar-refractivity contribution in [3.63, 3.8) is 0 Å². The van der Waals surface area contributed by atoms with E-state index < -0.39 is 0 Å². The topological polar surface area (TPSA) is 70.6 Å². The zero-order valence-electron chi connectivity index (χ0n) is 9.87. The third-order valence-electron chi connectivity index (χ3n) is 2.86. The van der Waals surface area contributed by atoms with Crippen LogP contribution in [0.25, 0.3) is 0 Å². The molecule has 0 aromatic heterocycles. The molecule has 1 rings (SSSR count). The van der Waals surface area contributed by atoms with Gasteiger partial charge in [0.2, 0.25) is 5.91 Å². The van der Waals surface area contributed by atoms with Crippen LogP contribution in [0.2, 0.25) is 0 Å². The van der Waals surface area contributed by atoms with E-state index in [-0.39, 0.29) is 24.5 Å². The van der Waals surface area contributed by atoms with Crippen LogP contribution in [0.5, 0.6) is 0 Å². The fourth-order valence-corrected chi connectivity index (χ4v) is 1.95. The van der Waals surface area contributed by atoms with Gasteiger partial charge in [0.05, 0.1) is 18.6 Å². The molecule has 0 radical (unpaired) electrons. The molecule has 94 valence electrons. The number of hydrogen-bond donors (Lipinski definition) is 3. The van der Waals surface area contributed by atoms with E-state index in [1.807, 2.05) is 0 Å². The highest BCUT2D eigenvalue weighted by Gasteiger charge is 2.22. The molecule has 0 bridgehead atoms. The van der Waals surface area contributed by atoms with Crippen molar-refractivity contribution in [2.75, 3.05) is 33.4 Å². The van der Waals surface area contributed by atoms with E-state index in [1.165, 1.54) is 0 Å². The summed E-state index contributed by atoms with van der Waals surface area (Å²) in [6.07, 6.45) is 2.53. The minimum absolute atomic E-state index is 0.0619. The Morgan fingerprint density at radius 3 is 3.06 bits per heavy atom. The van der Waals surface area contributed by atoms with Crippen LogP contribution in [0.4, 0.5) is 0 Å². The van der Waals surface area contributed by atoms with Gasteiger partial charge < -0.3 is 20.5 Å². The summed E-state index contributed by atoms with van der Waals surface area (Å²) in [6.45, 7) is 2.27. The molecule has 0 aromatic rings. The van der Waals surface area contributed by atoms with Gasteiger partial charge in [-0.05, 0) is 25.8 Å². The van der Waals surface area contributed by atoms with Crippen LogP contribution < -0.4 is 10.6 Å². The van der Waals surface area contributed by atoms with Crippen molar-refractivity contribution < 1.29 is 14.6 Å². The first-order valence-electron chi connectivity index (χ1n) is 5.88. The second-order valence-electron chi connectivity index (χ2n) is 4.22. The summed E-state index contributed by atoms with van der Waals surface area (Å²) in [4.78, 5) is 11.9. The van der Waals surface area contributed by atoms with Crippen molar-refractivity contribution in [1.29, 1.82) is 0 Å². The lowest BCUT2D eigenvalue weighted by atomic mass is 9.98. The van der Waals surface area contributed by atoms with Gasteiger partial charge in [-0.3, -0.25) is 4.79 Å². The van der Waals surface area contributed by atoms with Gasteiger partial charge >= 0.3 is 0 Å². The van der Waals surface area contributed by atoms with Crippen LogP contribution in [0, 0.1) is 5.92 Å². The van der Waals surface area contributed by atoms with Crippen molar-refractivity contribution in [2.45, 2.75) is 25.3 Å². The van der Waals surface area contributed by atoms with Crippen LogP contribution in [-0.4, -0.2) is 50.5 Å². The fraction of sp³-hybridized carbons (Fsp3) is 0.909. The minimum Gasteiger partial charge on any atom is -0.396 e.